The van der Waals surface area contributed by atoms with Crippen LogP contribution in [0.2, 0.25) is 0 Å². The molecule has 0 aromatic heterocycles. The second kappa shape index (κ2) is 6.83. The minimum absolute atomic E-state index is 0.313. The van der Waals surface area contributed by atoms with Gasteiger partial charge < -0.3 is 4.90 Å². The Morgan fingerprint density at radius 2 is 1.93 bits per heavy atom. The van der Waals surface area contributed by atoms with Gasteiger partial charge in [0.2, 0.25) is 5.91 Å². The second-order valence-corrected chi connectivity index (χ2v) is 4.53. The summed E-state index contributed by atoms with van der Waals surface area (Å²) in [6.45, 7) is 5.76. The van der Waals surface area contributed by atoms with Crippen molar-refractivity contribution in [1.82, 2.24) is 9.80 Å². The number of carbonyl (C=O) groups excluding carboxylic acids is 1. The summed E-state index contributed by atoms with van der Waals surface area (Å²) in [5, 5.41) is 0. The summed E-state index contributed by atoms with van der Waals surface area (Å²) < 4.78 is 0. The zero-order chi connectivity index (χ0) is 11.1. The molecule has 1 saturated heterocycles. The summed E-state index contributed by atoms with van der Waals surface area (Å²) in [4.78, 5) is 16.0. The smallest absolute Gasteiger partial charge is 0.236 e. The van der Waals surface area contributed by atoms with Crippen LogP contribution in [0.1, 0.15) is 39.0 Å². The van der Waals surface area contributed by atoms with Crippen molar-refractivity contribution in [2.45, 2.75) is 39.0 Å². The summed E-state index contributed by atoms with van der Waals surface area (Å²) in [5.41, 5.74) is 0. The Hall–Kier alpha value is -0.570. The first kappa shape index (κ1) is 12.5. The molecular formula is C12H24N2O. The van der Waals surface area contributed by atoms with E-state index < -0.39 is 0 Å². The van der Waals surface area contributed by atoms with Gasteiger partial charge in [-0.15, -0.1) is 0 Å². The van der Waals surface area contributed by atoms with Gasteiger partial charge in [0.1, 0.15) is 0 Å². The first-order valence-corrected chi connectivity index (χ1v) is 6.20. The fourth-order valence-corrected chi connectivity index (χ4v) is 1.98. The number of hydrogen-bond donors (Lipinski definition) is 0. The molecule has 0 aromatic rings. The molecular weight excluding hydrogens is 188 g/mol. The Kier molecular flexibility index (Phi) is 5.69. The molecule has 3 heteroatoms. The maximum atomic E-state index is 11.9. The lowest BCUT2D eigenvalue weighted by Crippen LogP contribution is -2.41. The van der Waals surface area contributed by atoms with Crippen molar-refractivity contribution in [3.63, 3.8) is 0 Å². The predicted octanol–water partition coefficient (Wildman–Crippen LogP) is 1.73. The van der Waals surface area contributed by atoms with Crippen LogP contribution in [0, 0.1) is 0 Å². The SMILES string of the molecule is CCCCN(C)CC(=O)N1CCCCC1. The van der Waals surface area contributed by atoms with Gasteiger partial charge in [0, 0.05) is 13.1 Å². The van der Waals surface area contributed by atoms with Gasteiger partial charge in [0.25, 0.3) is 0 Å². The summed E-state index contributed by atoms with van der Waals surface area (Å²) in [6.07, 6.45) is 6.04. The van der Waals surface area contributed by atoms with Crippen LogP contribution in [0.3, 0.4) is 0 Å². The van der Waals surface area contributed by atoms with Crippen molar-refractivity contribution in [2.75, 3.05) is 33.2 Å². The lowest BCUT2D eigenvalue weighted by atomic mass is 10.1. The van der Waals surface area contributed by atoms with Gasteiger partial charge in [-0.25, -0.2) is 0 Å². The van der Waals surface area contributed by atoms with Crippen LogP contribution in [0.4, 0.5) is 0 Å². The number of likely N-dealkylation sites (tertiary alicyclic amines) is 1. The molecule has 1 rings (SSSR count). The molecule has 0 bridgehead atoms. The molecule has 1 fully saturated rings. The number of hydrogen-bond acceptors (Lipinski definition) is 2. The first-order valence-electron chi connectivity index (χ1n) is 6.20. The highest BCUT2D eigenvalue weighted by molar-refractivity contribution is 5.78. The van der Waals surface area contributed by atoms with E-state index in [1.54, 1.807) is 0 Å². The van der Waals surface area contributed by atoms with Gasteiger partial charge in [-0.05, 0) is 39.3 Å². The van der Waals surface area contributed by atoms with Crippen molar-refractivity contribution < 1.29 is 4.79 Å². The zero-order valence-corrected chi connectivity index (χ0v) is 10.2. The molecule has 0 unspecified atom stereocenters. The Labute approximate surface area is 93.4 Å². The summed E-state index contributed by atoms with van der Waals surface area (Å²) in [5.74, 6) is 0.313. The maximum Gasteiger partial charge on any atom is 0.236 e. The van der Waals surface area contributed by atoms with E-state index in [0.717, 1.165) is 19.6 Å². The van der Waals surface area contributed by atoms with E-state index in [9.17, 15) is 4.79 Å². The van der Waals surface area contributed by atoms with Crippen LogP contribution in [0.25, 0.3) is 0 Å². The fraction of sp³-hybridized carbons (Fsp3) is 0.917. The second-order valence-electron chi connectivity index (χ2n) is 4.53. The summed E-state index contributed by atoms with van der Waals surface area (Å²) >= 11 is 0. The van der Waals surface area contributed by atoms with Crippen molar-refractivity contribution >= 4 is 5.91 Å². The van der Waals surface area contributed by atoms with Crippen LogP contribution in [-0.4, -0.2) is 48.9 Å². The van der Waals surface area contributed by atoms with E-state index in [1.807, 2.05) is 11.9 Å². The van der Waals surface area contributed by atoms with E-state index in [-0.39, 0.29) is 0 Å². The first-order chi connectivity index (χ1) is 7.24. The average molecular weight is 212 g/mol. The fourth-order valence-electron chi connectivity index (χ4n) is 1.98. The normalized spacial score (nSPS) is 17.1. The highest BCUT2D eigenvalue weighted by atomic mass is 16.2. The molecule has 1 heterocycles. The Morgan fingerprint density at radius 1 is 1.27 bits per heavy atom. The van der Waals surface area contributed by atoms with E-state index >= 15 is 0 Å². The molecule has 0 aromatic carbocycles. The van der Waals surface area contributed by atoms with Crippen molar-refractivity contribution in [1.29, 1.82) is 0 Å². The average Bonchev–Trinajstić information content (AvgIpc) is 2.27. The lowest BCUT2D eigenvalue weighted by molar-refractivity contribution is -0.133. The molecule has 1 aliphatic rings. The van der Waals surface area contributed by atoms with Crippen LogP contribution in [0.15, 0.2) is 0 Å². The number of nitrogens with zero attached hydrogens (tertiary/aromatic N) is 2. The Balaban J connectivity index is 2.21. The summed E-state index contributed by atoms with van der Waals surface area (Å²) in [6, 6.07) is 0. The monoisotopic (exact) mass is 212 g/mol. The number of rotatable bonds is 5. The predicted molar refractivity (Wildman–Crippen MR) is 62.8 cm³/mol. The molecule has 0 aliphatic carbocycles. The van der Waals surface area contributed by atoms with Crippen LogP contribution >= 0.6 is 0 Å². The van der Waals surface area contributed by atoms with Crippen molar-refractivity contribution in [2.24, 2.45) is 0 Å². The van der Waals surface area contributed by atoms with E-state index in [2.05, 4.69) is 11.8 Å². The third kappa shape index (κ3) is 4.65. The third-order valence-electron chi connectivity index (χ3n) is 3.01. The Morgan fingerprint density at radius 3 is 2.53 bits per heavy atom. The lowest BCUT2D eigenvalue weighted by Gasteiger charge is -2.28. The quantitative estimate of drug-likeness (QED) is 0.693. The number of piperidine rings is 1. The van der Waals surface area contributed by atoms with Gasteiger partial charge in [-0.3, -0.25) is 9.69 Å². The van der Waals surface area contributed by atoms with Crippen LogP contribution in [0.5, 0.6) is 0 Å². The van der Waals surface area contributed by atoms with Crippen molar-refractivity contribution in [3.05, 3.63) is 0 Å². The van der Waals surface area contributed by atoms with E-state index in [0.29, 0.717) is 12.5 Å². The molecule has 1 aliphatic heterocycles. The molecule has 0 saturated carbocycles. The van der Waals surface area contributed by atoms with E-state index in [1.165, 1.54) is 32.1 Å². The number of amides is 1. The number of unbranched alkanes of at least 4 members (excludes halogenated alkanes) is 1. The minimum Gasteiger partial charge on any atom is -0.342 e. The molecule has 1 amide bonds. The topological polar surface area (TPSA) is 23.6 Å². The molecule has 15 heavy (non-hydrogen) atoms. The van der Waals surface area contributed by atoms with E-state index in [4.69, 9.17) is 0 Å². The Bertz CT molecular complexity index is 188. The maximum absolute atomic E-state index is 11.9. The third-order valence-corrected chi connectivity index (χ3v) is 3.01. The van der Waals surface area contributed by atoms with Gasteiger partial charge in [-0.2, -0.15) is 0 Å². The number of likely N-dealkylation sites (N-methyl/N-ethyl adjacent to an activating group) is 1. The molecule has 0 spiro atoms. The molecule has 0 radical (unpaired) electrons. The largest absolute Gasteiger partial charge is 0.342 e. The van der Waals surface area contributed by atoms with Gasteiger partial charge in [0.05, 0.1) is 6.54 Å². The standard InChI is InChI=1S/C12H24N2O/c1-3-4-8-13(2)11-12(15)14-9-6-5-7-10-14/h3-11H2,1-2H3. The zero-order valence-electron chi connectivity index (χ0n) is 10.2. The van der Waals surface area contributed by atoms with Crippen LogP contribution < -0.4 is 0 Å². The summed E-state index contributed by atoms with van der Waals surface area (Å²) in [7, 11) is 2.04. The molecule has 3 nitrogen and oxygen atoms in total. The molecule has 0 atom stereocenters. The van der Waals surface area contributed by atoms with Crippen molar-refractivity contribution in [3.8, 4) is 0 Å². The van der Waals surface area contributed by atoms with Crippen LogP contribution in [-0.2, 0) is 4.79 Å². The number of carbonyl (C=O) groups is 1. The van der Waals surface area contributed by atoms with Gasteiger partial charge in [-0.1, -0.05) is 13.3 Å². The highest BCUT2D eigenvalue weighted by Gasteiger charge is 2.17. The van der Waals surface area contributed by atoms with Gasteiger partial charge >= 0.3 is 0 Å². The highest BCUT2D eigenvalue weighted by Crippen LogP contribution is 2.08. The molecule has 88 valence electrons. The molecule has 0 N–H and O–H groups in total. The minimum atomic E-state index is 0.313. The van der Waals surface area contributed by atoms with Gasteiger partial charge in [0.15, 0.2) is 0 Å².